The van der Waals surface area contributed by atoms with Gasteiger partial charge in [-0.15, -0.1) is 0 Å². The summed E-state index contributed by atoms with van der Waals surface area (Å²) >= 11 is 0. The van der Waals surface area contributed by atoms with Gasteiger partial charge in [-0.25, -0.2) is 4.79 Å². The van der Waals surface area contributed by atoms with Crippen LogP contribution in [0.25, 0.3) is 113 Å². The number of aliphatic hydroxyl groups excluding tert-OH is 2. The van der Waals surface area contributed by atoms with Crippen LogP contribution in [-0.2, 0) is 17.8 Å². The van der Waals surface area contributed by atoms with E-state index in [0.29, 0.717) is 188 Å². The molecule has 30 nitrogen and oxygen atoms in total. The van der Waals surface area contributed by atoms with Crippen LogP contribution in [0.15, 0.2) is 189 Å². The summed E-state index contributed by atoms with van der Waals surface area (Å²) in [4.78, 5) is 48.0. The van der Waals surface area contributed by atoms with Crippen molar-refractivity contribution >= 4 is 27.6 Å². The summed E-state index contributed by atoms with van der Waals surface area (Å²) in [5, 5.41) is 41.5. The van der Waals surface area contributed by atoms with Gasteiger partial charge in [0.2, 0.25) is 23.3 Å². The van der Waals surface area contributed by atoms with E-state index < -0.39 is 5.97 Å². The van der Waals surface area contributed by atoms with Crippen molar-refractivity contribution in [3.05, 3.63) is 187 Å². The SMILES string of the molecule is CCOc1ccc(-c2nc(-c3cccc4[nH]cc(CN(C)CCO)c34)no2)cc1OCC.CCOc1ccc(-c2nc(-c3ccnc(CNC(C)(C)CO)c3)no2)cc1OCC.CCOc1ccc(-c2nc(-c3cncc(C(=O)OC)c3)no2)cc1OCC.CCOc1ccc(-c2nc(-c3nccc4ccccc34)no2)cc1OCC. The number of hydrogen-bond acceptors (Lipinski definition) is 29. The first-order valence-corrected chi connectivity index (χ1v) is 38.1. The highest BCUT2D eigenvalue weighted by molar-refractivity contribution is 5.96. The first kappa shape index (κ1) is 83.8. The van der Waals surface area contributed by atoms with Gasteiger partial charge < -0.3 is 81.2 Å². The lowest BCUT2D eigenvalue weighted by Gasteiger charge is -2.23. The van der Waals surface area contributed by atoms with Gasteiger partial charge >= 0.3 is 5.97 Å². The topological polar surface area (TPSA) is 366 Å². The number of carbonyl (C=O) groups excluding carboxylic acids is 1. The molecule has 604 valence electrons. The molecule has 0 aliphatic rings. The number of aromatic amines is 1. The Morgan fingerprint density at radius 3 is 1.46 bits per heavy atom. The molecular weight excluding hydrogens is 1490 g/mol. The minimum Gasteiger partial charge on any atom is -0.490 e. The van der Waals surface area contributed by atoms with Crippen molar-refractivity contribution in [3.63, 3.8) is 0 Å². The zero-order valence-electron chi connectivity index (χ0n) is 66.8. The van der Waals surface area contributed by atoms with Crippen molar-refractivity contribution in [1.82, 2.24) is 70.7 Å². The van der Waals surface area contributed by atoms with Crippen molar-refractivity contribution in [2.75, 3.05) is 86.8 Å². The second-order valence-corrected chi connectivity index (χ2v) is 26.1. The molecule has 0 unspecified atom stereocenters. The number of pyridine rings is 3. The number of likely N-dealkylation sites (N-methyl/N-ethyl adjacent to an activating group) is 1. The highest BCUT2D eigenvalue weighted by Gasteiger charge is 2.23. The summed E-state index contributed by atoms with van der Waals surface area (Å²) in [5.74, 6) is 8.06. The Labute approximate surface area is 670 Å². The van der Waals surface area contributed by atoms with Crippen LogP contribution >= 0.6 is 0 Å². The summed E-state index contributed by atoms with van der Waals surface area (Å²) in [6.07, 6.45) is 8.40. The zero-order chi connectivity index (χ0) is 81.9. The van der Waals surface area contributed by atoms with Crippen molar-refractivity contribution in [3.8, 4) is 137 Å². The lowest BCUT2D eigenvalue weighted by atomic mass is 10.1. The van der Waals surface area contributed by atoms with E-state index in [1.54, 1.807) is 36.8 Å². The molecule has 0 saturated carbocycles. The van der Waals surface area contributed by atoms with E-state index in [-0.39, 0.29) is 18.8 Å². The highest BCUT2D eigenvalue weighted by atomic mass is 16.5. The molecule has 14 rings (SSSR count). The Kier molecular flexibility index (Phi) is 29.6. The van der Waals surface area contributed by atoms with Crippen LogP contribution in [-0.4, -0.2) is 174 Å². The molecule has 0 spiro atoms. The smallest absolute Gasteiger partial charge is 0.339 e. The lowest BCUT2D eigenvalue weighted by Crippen LogP contribution is -2.42. The summed E-state index contributed by atoms with van der Waals surface area (Å²) in [5.41, 5.74) is 8.75. The molecule has 4 N–H and O–H groups in total. The van der Waals surface area contributed by atoms with Gasteiger partial charge in [0.05, 0.1) is 84.4 Å². The molecule has 0 aliphatic heterocycles. The largest absolute Gasteiger partial charge is 0.490 e. The molecule has 116 heavy (non-hydrogen) atoms. The van der Waals surface area contributed by atoms with Gasteiger partial charge in [0, 0.05) is 111 Å². The number of nitrogens with one attached hydrogen (secondary N) is 2. The number of benzene rings is 6. The normalized spacial score (nSPS) is 11.1. The number of hydrogen-bond donors (Lipinski definition) is 4. The summed E-state index contributed by atoms with van der Waals surface area (Å²) in [6.45, 7) is 25.5. The van der Waals surface area contributed by atoms with E-state index in [1.807, 2.05) is 204 Å². The minimum atomic E-state index is -0.485. The van der Waals surface area contributed by atoms with Gasteiger partial charge in [0.1, 0.15) is 5.69 Å². The van der Waals surface area contributed by atoms with Crippen molar-refractivity contribution in [2.45, 2.75) is 87.9 Å². The minimum absolute atomic E-state index is 0.0344. The van der Waals surface area contributed by atoms with E-state index >= 15 is 0 Å². The van der Waals surface area contributed by atoms with E-state index in [4.69, 9.17) is 60.7 Å². The van der Waals surface area contributed by atoms with E-state index in [2.05, 4.69) is 70.7 Å². The maximum absolute atomic E-state index is 11.7. The standard InChI is InChI=1S/C24H28N4O4.C22H28N4O4.C21H19N3O3.C19H19N3O5/c1-4-30-20-10-9-16(13-21(20)31-5-2)24-26-23(27-32-24)18-7-6-8-19-22(18)17(14-25-19)15-28(3)11-12-29;1-5-28-18-8-7-16(12-19(18)29-6-2)21-25-20(26-30-21)15-9-10-23-17(11-15)13-24-22(3,4)14-27;1-3-25-17-10-9-15(13-18(17)26-4-2)21-23-20(24-27-21)19-16-8-6-5-7-14(16)11-12-22-19;1-4-25-15-7-6-12(9-16(15)26-5-2)18-21-17(22-27-18)13-8-14(11-20-10-13)19(23)24-3/h6-10,13-14,25,29H,4-5,11-12,15H2,1-3H3;7-12,24,27H,5-6,13-14H2,1-4H3;5-13H,3-4H2,1-2H3;6-11H,4-5H2,1-3H3. The molecule has 0 saturated heterocycles. The maximum atomic E-state index is 11.7. The van der Waals surface area contributed by atoms with E-state index in [1.165, 1.54) is 13.3 Å². The van der Waals surface area contributed by atoms with Crippen LogP contribution in [0.5, 0.6) is 46.0 Å². The average Bonchev–Trinajstić information content (AvgIpc) is 1.62. The summed E-state index contributed by atoms with van der Waals surface area (Å²) in [7, 11) is 3.29. The molecule has 0 radical (unpaired) electrons. The Morgan fingerprint density at radius 2 is 0.957 bits per heavy atom. The van der Waals surface area contributed by atoms with Gasteiger partial charge in [-0.05, 0) is 190 Å². The van der Waals surface area contributed by atoms with Gasteiger partial charge in [-0.2, -0.15) is 19.9 Å². The third kappa shape index (κ3) is 21.4. The van der Waals surface area contributed by atoms with Gasteiger partial charge in [0.15, 0.2) is 46.0 Å². The van der Waals surface area contributed by atoms with Crippen molar-refractivity contribution in [2.24, 2.45) is 0 Å². The number of fused-ring (bicyclic) bond motifs is 2. The van der Waals surface area contributed by atoms with Crippen molar-refractivity contribution in [1.29, 1.82) is 0 Å². The fraction of sp³-hybridized carbons (Fsp3) is 0.302. The molecule has 6 aromatic carbocycles. The monoisotopic (exact) mass is 1580 g/mol. The van der Waals surface area contributed by atoms with Crippen LogP contribution in [0, 0.1) is 0 Å². The Morgan fingerprint density at radius 1 is 0.491 bits per heavy atom. The first-order chi connectivity index (χ1) is 56.5. The third-order valence-corrected chi connectivity index (χ3v) is 17.3. The Bertz CT molecular complexity index is 5500. The molecule has 0 aliphatic carbocycles. The van der Waals surface area contributed by atoms with E-state index in [0.717, 1.165) is 60.8 Å². The van der Waals surface area contributed by atoms with Crippen LogP contribution in [0.3, 0.4) is 0 Å². The molecule has 30 heteroatoms. The maximum Gasteiger partial charge on any atom is 0.339 e. The van der Waals surface area contributed by atoms with Gasteiger partial charge in [-0.1, -0.05) is 57.0 Å². The molecular formula is C86H94N14O16. The third-order valence-electron chi connectivity index (χ3n) is 17.3. The molecule has 0 amide bonds. The molecule has 0 fully saturated rings. The van der Waals surface area contributed by atoms with Crippen LogP contribution < -0.4 is 43.2 Å². The fourth-order valence-electron chi connectivity index (χ4n) is 11.8. The molecule has 0 bridgehead atoms. The Hall–Kier alpha value is -13.2. The second kappa shape index (κ2) is 41.0. The average molecular weight is 1580 g/mol. The number of aliphatic hydroxyl groups is 2. The van der Waals surface area contributed by atoms with Crippen LogP contribution in [0.1, 0.15) is 90.9 Å². The van der Waals surface area contributed by atoms with Gasteiger partial charge in [-0.3, -0.25) is 19.9 Å². The van der Waals surface area contributed by atoms with Crippen LogP contribution in [0.4, 0.5) is 0 Å². The number of nitrogens with zero attached hydrogens (tertiary/aromatic N) is 12. The number of rotatable bonds is 33. The molecule has 14 aromatic rings. The van der Waals surface area contributed by atoms with Crippen LogP contribution in [0.2, 0.25) is 0 Å². The van der Waals surface area contributed by atoms with Crippen molar-refractivity contribution < 1.29 is 75.7 Å². The predicted octanol–water partition coefficient (Wildman–Crippen LogP) is 15.7. The zero-order valence-corrected chi connectivity index (χ0v) is 66.8. The predicted molar refractivity (Wildman–Crippen MR) is 436 cm³/mol. The summed E-state index contributed by atoms with van der Waals surface area (Å²) in [6, 6.07) is 43.4. The number of carbonyl (C=O) groups is 1. The molecule has 8 heterocycles. The lowest BCUT2D eigenvalue weighted by molar-refractivity contribution is 0.0600. The molecule has 0 atom stereocenters. The number of methoxy groups -OCH3 is 1. The second-order valence-electron chi connectivity index (χ2n) is 26.1. The first-order valence-electron chi connectivity index (χ1n) is 38.1. The number of ether oxygens (including phenoxy) is 9. The quantitative estimate of drug-likeness (QED) is 0.0278. The van der Waals surface area contributed by atoms with E-state index in [9.17, 15) is 15.0 Å². The van der Waals surface area contributed by atoms with Gasteiger partial charge in [0.25, 0.3) is 23.6 Å². The highest BCUT2D eigenvalue weighted by Crippen LogP contribution is 2.39. The number of esters is 1. The number of aromatic nitrogens is 12. The number of H-pyrrole nitrogens is 1. The Balaban J connectivity index is 0.000000152. The fourth-order valence-corrected chi connectivity index (χ4v) is 11.8. The molecule has 8 aromatic heterocycles. The summed E-state index contributed by atoms with van der Waals surface area (Å²) < 4.78 is 71.7.